The van der Waals surface area contributed by atoms with Gasteiger partial charge >= 0.3 is 0 Å². The average Bonchev–Trinajstić information content (AvgIpc) is 2.83. The van der Waals surface area contributed by atoms with Crippen molar-refractivity contribution in [1.29, 1.82) is 0 Å². The standard InChI is InChI=1S/C12H22N4O3S/c1-10-6-14-12(19-10)8-15-20(17,18)16-5-3-4-11(9-16)7-13-2/h6,11,13,15H,3-5,7-9H2,1-2H3. The van der Waals surface area contributed by atoms with Gasteiger partial charge in [0.05, 0.1) is 12.7 Å². The predicted octanol–water partition coefficient (Wildman–Crippen LogP) is 0.249. The first-order valence-corrected chi connectivity index (χ1v) is 8.26. The van der Waals surface area contributed by atoms with Gasteiger partial charge in [-0.2, -0.15) is 17.4 Å². The van der Waals surface area contributed by atoms with Gasteiger partial charge in [0, 0.05) is 13.1 Å². The summed E-state index contributed by atoms with van der Waals surface area (Å²) in [4.78, 5) is 3.99. The lowest BCUT2D eigenvalue weighted by Gasteiger charge is -2.31. The van der Waals surface area contributed by atoms with Gasteiger partial charge < -0.3 is 9.73 Å². The van der Waals surface area contributed by atoms with Crippen LogP contribution in [0.1, 0.15) is 24.5 Å². The van der Waals surface area contributed by atoms with Crippen LogP contribution in [-0.2, 0) is 16.8 Å². The molecule has 114 valence electrons. The summed E-state index contributed by atoms with van der Waals surface area (Å²) in [5.41, 5.74) is 0. The second-order valence-electron chi connectivity index (χ2n) is 5.11. The van der Waals surface area contributed by atoms with Crippen LogP contribution in [0, 0.1) is 12.8 Å². The molecule has 1 saturated heterocycles. The first-order chi connectivity index (χ1) is 9.51. The zero-order chi connectivity index (χ0) is 14.6. The highest BCUT2D eigenvalue weighted by Gasteiger charge is 2.28. The molecular weight excluding hydrogens is 280 g/mol. The third-order valence-electron chi connectivity index (χ3n) is 3.39. The van der Waals surface area contributed by atoms with E-state index < -0.39 is 10.2 Å². The molecule has 0 radical (unpaired) electrons. The monoisotopic (exact) mass is 302 g/mol. The molecule has 0 bridgehead atoms. The summed E-state index contributed by atoms with van der Waals surface area (Å²) in [6.07, 6.45) is 3.53. The van der Waals surface area contributed by atoms with Gasteiger partial charge in [0.2, 0.25) is 5.89 Å². The molecule has 0 amide bonds. The van der Waals surface area contributed by atoms with E-state index in [-0.39, 0.29) is 6.54 Å². The Balaban J connectivity index is 1.92. The Hall–Kier alpha value is -0.960. The second-order valence-corrected chi connectivity index (χ2v) is 6.87. The van der Waals surface area contributed by atoms with Crippen molar-refractivity contribution < 1.29 is 12.8 Å². The molecule has 1 unspecified atom stereocenters. The van der Waals surface area contributed by atoms with Crippen LogP contribution in [0.15, 0.2) is 10.6 Å². The van der Waals surface area contributed by atoms with Crippen molar-refractivity contribution in [3.8, 4) is 0 Å². The molecule has 2 rings (SSSR count). The van der Waals surface area contributed by atoms with E-state index >= 15 is 0 Å². The fourth-order valence-electron chi connectivity index (χ4n) is 2.43. The van der Waals surface area contributed by atoms with E-state index in [0.717, 1.165) is 19.4 Å². The predicted molar refractivity (Wildman–Crippen MR) is 75.2 cm³/mol. The van der Waals surface area contributed by atoms with E-state index in [4.69, 9.17) is 4.42 Å². The number of nitrogens with one attached hydrogen (secondary N) is 2. The molecule has 2 N–H and O–H groups in total. The van der Waals surface area contributed by atoms with Crippen molar-refractivity contribution in [1.82, 2.24) is 19.3 Å². The van der Waals surface area contributed by atoms with Crippen molar-refractivity contribution in [2.75, 3.05) is 26.7 Å². The topological polar surface area (TPSA) is 87.5 Å². The Bertz CT molecular complexity index is 527. The lowest BCUT2D eigenvalue weighted by Crippen LogP contribution is -2.47. The largest absolute Gasteiger partial charge is 0.445 e. The maximum atomic E-state index is 12.2. The van der Waals surface area contributed by atoms with Crippen LogP contribution in [0.2, 0.25) is 0 Å². The Kier molecular flexibility index (Phi) is 5.14. The van der Waals surface area contributed by atoms with Gasteiger partial charge in [0.25, 0.3) is 10.2 Å². The molecule has 1 aliphatic heterocycles. The minimum absolute atomic E-state index is 0.0867. The maximum Gasteiger partial charge on any atom is 0.279 e. The van der Waals surface area contributed by atoms with Crippen LogP contribution < -0.4 is 10.0 Å². The molecule has 0 spiro atoms. The van der Waals surface area contributed by atoms with E-state index in [2.05, 4.69) is 15.0 Å². The fourth-order valence-corrected chi connectivity index (χ4v) is 3.69. The zero-order valence-electron chi connectivity index (χ0n) is 11.9. The van der Waals surface area contributed by atoms with E-state index in [1.807, 2.05) is 7.05 Å². The number of piperidine rings is 1. The number of hydrogen-bond donors (Lipinski definition) is 2. The van der Waals surface area contributed by atoms with Gasteiger partial charge in [-0.25, -0.2) is 4.98 Å². The van der Waals surface area contributed by atoms with Crippen LogP contribution in [0.4, 0.5) is 0 Å². The van der Waals surface area contributed by atoms with Gasteiger partial charge in [-0.3, -0.25) is 0 Å². The molecule has 0 aromatic carbocycles. The average molecular weight is 302 g/mol. The molecule has 1 aromatic heterocycles. The van der Waals surface area contributed by atoms with E-state index in [9.17, 15) is 8.42 Å². The van der Waals surface area contributed by atoms with Crippen molar-refractivity contribution in [3.63, 3.8) is 0 Å². The summed E-state index contributed by atoms with van der Waals surface area (Å²) >= 11 is 0. The molecule has 1 fully saturated rings. The summed E-state index contributed by atoms with van der Waals surface area (Å²) in [6.45, 7) is 3.83. The molecular formula is C12H22N4O3S. The van der Waals surface area contributed by atoms with E-state index in [1.165, 1.54) is 4.31 Å². The minimum Gasteiger partial charge on any atom is -0.445 e. The third kappa shape index (κ3) is 4.02. The lowest BCUT2D eigenvalue weighted by molar-refractivity contribution is 0.260. The van der Waals surface area contributed by atoms with Crippen LogP contribution >= 0.6 is 0 Å². The fraction of sp³-hybridized carbons (Fsp3) is 0.750. The molecule has 1 atom stereocenters. The van der Waals surface area contributed by atoms with E-state index in [1.54, 1.807) is 13.1 Å². The van der Waals surface area contributed by atoms with Crippen LogP contribution in [0.3, 0.4) is 0 Å². The van der Waals surface area contributed by atoms with Crippen molar-refractivity contribution in [2.24, 2.45) is 5.92 Å². The number of aromatic nitrogens is 1. The number of hydrogen-bond acceptors (Lipinski definition) is 5. The molecule has 7 nitrogen and oxygen atoms in total. The van der Waals surface area contributed by atoms with Crippen molar-refractivity contribution >= 4 is 10.2 Å². The number of nitrogens with zero attached hydrogens (tertiary/aromatic N) is 2. The number of aryl methyl sites for hydroxylation is 1. The molecule has 1 aliphatic rings. The molecule has 1 aromatic rings. The lowest BCUT2D eigenvalue weighted by atomic mass is 10.00. The first kappa shape index (κ1) is 15.4. The summed E-state index contributed by atoms with van der Waals surface area (Å²) < 4.78 is 33.8. The van der Waals surface area contributed by atoms with Crippen LogP contribution in [-0.4, -0.2) is 44.4 Å². The zero-order valence-corrected chi connectivity index (χ0v) is 12.7. The quantitative estimate of drug-likeness (QED) is 0.786. The van der Waals surface area contributed by atoms with Gasteiger partial charge in [0.15, 0.2) is 0 Å². The van der Waals surface area contributed by atoms with Gasteiger partial charge in [-0.15, -0.1) is 0 Å². The molecule has 8 heteroatoms. The highest BCUT2D eigenvalue weighted by molar-refractivity contribution is 7.87. The minimum atomic E-state index is -3.47. The summed E-state index contributed by atoms with van der Waals surface area (Å²) in [5, 5.41) is 3.10. The van der Waals surface area contributed by atoms with Gasteiger partial charge in [-0.1, -0.05) is 0 Å². The van der Waals surface area contributed by atoms with Crippen molar-refractivity contribution in [2.45, 2.75) is 26.3 Å². The van der Waals surface area contributed by atoms with Crippen LogP contribution in [0.5, 0.6) is 0 Å². The molecule has 2 heterocycles. The summed E-state index contributed by atoms with van der Waals surface area (Å²) in [5.74, 6) is 1.43. The normalized spacial score (nSPS) is 21.2. The first-order valence-electron chi connectivity index (χ1n) is 6.82. The Morgan fingerprint density at radius 2 is 2.35 bits per heavy atom. The SMILES string of the molecule is CNCC1CCCN(S(=O)(=O)NCc2ncc(C)o2)C1. The van der Waals surface area contributed by atoms with Crippen molar-refractivity contribution in [3.05, 3.63) is 17.8 Å². The number of rotatable bonds is 6. The molecule has 20 heavy (non-hydrogen) atoms. The molecule has 0 aliphatic carbocycles. The highest BCUT2D eigenvalue weighted by atomic mass is 32.2. The highest BCUT2D eigenvalue weighted by Crippen LogP contribution is 2.18. The second kappa shape index (κ2) is 6.66. The maximum absolute atomic E-state index is 12.2. The Labute approximate surface area is 119 Å². The third-order valence-corrected chi connectivity index (χ3v) is 4.91. The number of oxazole rings is 1. The smallest absolute Gasteiger partial charge is 0.279 e. The summed E-state index contributed by atoms with van der Waals surface area (Å²) in [7, 11) is -1.58. The molecule has 0 saturated carbocycles. The van der Waals surface area contributed by atoms with Gasteiger partial charge in [-0.05, 0) is 39.3 Å². The Morgan fingerprint density at radius 1 is 1.55 bits per heavy atom. The van der Waals surface area contributed by atoms with Crippen LogP contribution in [0.25, 0.3) is 0 Å². The van der Waals surface area contributed by atoms with Gasteiger partial charge in [0.1, 0.15) is 5.76 Å². The Morgan fingerprint density at radius 3 is 3.00 bits per heavy atom. The van der Waals surface area contributed by atoms with E-state index in [0.29, 0.717) is 30.7 Å². The summed E-state index contributed by atoms with van der Waals surface area (Å²) in [6, 6.07) is 0.